The molecule has 0 N–H and O–H groups in total. The van der Waals surface area contributed by atoms with Crippen molar-refractivity contribution in [2.24, 2.45) is 0 Å². The second-order valence-electron chi connectivity index (χ2n) is 2.79. The number of pyridine rings is 1. The van der Waals surface area contributed by atoms with Crippen LogP contribution in [0.1, 0.15) is 23.2 Å². The first kappa shape index (κ1) is 13.9. The van der Waals surface area contributed by atoms with E-state index in [1.54, 1.807) is 0 Å². The van der Waals surface area contributed by atoms with Gasteiger partial charge in [0.15, 0.2) is 0 Å². The summed E-state index contributed by atoms with van der Waals surface area (Å²) in [6, 6.07) is 0. The molecule has 1 nitrogen and oxygen atoms in total. The first-order valence-corrected chi connectivity index (χ1v) is 5.49. The van der Waals surface area contributed by atoms with Crippen molar-refractivity contribution < 1.29 is 22.0 Å². The molecule has 0 aliphatic carbocycles. The van der Waals surface area contributed by atoms with Crippen LogP contribution in [0.25, 0.3) is 0 Å². The summed E-state index contributed by atoms with van der Waals surface area (Å²) in [6.07, 6.45) is -7.02. The Kier molecular flexibility index (Phi) is 4.33. The number of halogens is 7. The van der Waals surface area contributed by atoms with Gasteiger partial charge in [-0.3, -0.25) is 4.98 Å². The first-order valence-electron chi connectivity index (χ1n) is 3.87. The fourth-order valence-corrected chi connectivity index (χ4v) is 2.33. The van der Waals surface area contributed by atoms with Crippen molar-refractivity contribution in [3.63, 3.8) is 0 Å². The minimum atomic E-state index is -4.71. The summed E-state index contributed by atoms with van der Waals surface area (Å²) in [7, 11) is 0. The topological polar surface area (TPSA) is 12.9 Å². The van der Waals surface area contributed by atoms with Gasteiger partial charge in [0.05, 0.1) is 9.13 Å². The van der Waals surface area contributed by atoms with Gasteiger partial charge in [-0.2, -0.15) is 13.2 Å². The molecular weight excluding hydrogens is 367 g/mol. The van der Waals surface area contributed by atoms with Crippen molar-refractivity contribution in [1.29, 1.82) is 0 Å². The maximum Gasteiger partial charge on any atom is 0.417 e. The Balaban J connectivity index is 3.47. The van der Waals surface area contributed by atoms with E-state index >= 15 is 0 Å². The molecule has 0 fully saturated rings. The monoisotopic (exact) mass is 371 g/mol. The third-order valence-electron chi connectivity index (χ3n) is 1.76. The zero-order valence-corrected chi connectivity index (χ0v) is 10.4. The lowest BCUT2D eigenvalue weighted by molar-refractivity contribution is -0.139. The molecule has 8 heteroatoms. The molecule has 16 heavy (non-hydrogen) atoms. The molecule has 0 unspecified atom stereocenters. The van der Waals surface area contributed by atoms with Crippen LogP contribution in [0.4, 0.5) is 22.0 Å². The summed E-state index contributed by atoms with van der Waals surface area (Å²) in [5.41, 5.74) is -2.31. The normalized spacial score (nSPS) is 12.2. The summed E-state index contributed by atoms with van der Waals surface area (Å²) in [5, 5.41) is 0. The molecule has 1 aromatic rings. The molecule has 1 rings (SSSR count). The van der Waals surface area contributed by atoms with Gasteiger partial charge in [0.25, 0.3) is 6.43 Å². The standard InChI is InChI=1S/C8H4ClF5IN/c9-1-3-2-16-6(7(10)11)5(15)4(3)8(12,13)14/h2,7H,1H2. The van der Waals surface area contributed by atoms with E-state index in [4.69, 9.17) is 11.6 Å². The van der Waals surface area contributed by atoms with Crippen LogP contribution in [0.2, 0.25) is 0 Å². The van der Waals surface area contributed by atoms with Crippen LogP contribution >= 0.6 is 34.2 Å². The van der Waals surface area contributed by atoms with E-state index in [-0.39, 0.29) is 5.56 Å². The van der Waals surface area contributed by atoms with Gasteiger partial charge >= 0.3 is 6.18 Å². The highest BCUT2D eigenvalue weighted by Crippen LogP contribution is 2.38. The molecular formula is C8H4ClF5IN. The zero-order valence-electron chi connectivity index (χ0n) is 7.45. The largest absolute Gasteiger partial charge is 0.417 e. The smallest absolute Gasteiger partial charge is 0.254 e. The summed E-state index contributed by atoms with van der Waals surface area (Å²) < 4.78 is 61.9. The number of aromatic nitrogens is 1. The van der Waals surface area contributed by atoms with Crippen molar-refractivity contribution in [3.8, 4) is 0 Å². The third-order valence-corrected chi connectivity index (χ3v) is 3.14. The average Bonchev–Trinajstić information content (AvgIpc) is 2.14. The van der Waals surface area contributed by atoms with E-state index in [2.05, 4.69) is 4.98 Å². The first-order chi connectivity index (χ1) is 7.29. The summed E-state index contributed by atoms with van der Waals surface area (Å²) in [5.74, 6) is -0.429. The average molecular weight is 371 g/mol. The molecule has 0 saturated heterocycles. The molecule has 0 saturated carbocycles. The summed E-state index contributed by atoms with van der Waals surface area (Å²) in [4.78, 5) is 3.28. The molecule has 0 aliphatic heterocycles. The van der Waals surface area contributed by atoms with Gasteiger partial charge in [-0.25, -0.2) is 8.78 Å². The van der Waals surface area contributed by atoms with Crippen LogP contribution in [0, 0.1) is 3.57 Å². The van der Waals surface area contributed by atoms with Gasteiger partial charge in [-0.05, 0) is 28.2 Å². The molecule has 0 aromatic carbocycles. The minimum absolute atomic E-state index is 0.303. The number of hydrogen-bond donors (Lipinski definition) is 0. The second kappa shape index (κ2) is 4.99. The van der Waals surface area contributed by atoms with E-state index < -0.39 is 33.3 Å². The molecule has 90 valence electrons. The molecule has 0 spiro atoms. The molecule has 0 bridgehead atoms. The Hall–Kier alpha value is -0.180. The maximum absolute atomic E-state index is 12.6. The van der Waals surface area contributed by atoms with Crippen LogP contribution in [-0.4, -0.2) is 4.98 Å². The van der Waals surface area contributed by atoms with E-state index in [0.29, 0.717) is 0 Å². The lowest BCUT2D eigenvalue weighted by Crippen LogP contribution is -2.14. The Morgan fingerprint density at radius 1 is 1.38 bits per heavy atom. The number of hydrogen-bond acceptors (Lipinski definition) is 1. The van der Waals surface area contributed by atoms with Crippen molar-refractivity contribution in [2.45, 2.75) is 18.5 Å². The van der Waals surface area contributed by atoms with Gasteiger partial charge in [0.1, 0.15) is 5.69 Å². The van der Waals surface area contributed by atoms with E-state index in [1.807, 2.05) is 0 Å². The molecule has 0 aliphatic rings. The van der Waals surface area contributed by atoms with Crippen LogP contribution in [0.15, 0.2) is 6.20 Å². The predicted molar refractivity (Wildman–Crippen MR) is 56.5 cm³/mol. The Bertz CT molecular complexity index is 393. The fourth-order valence-electron chi connectivity index (χ4n) is 1.10. The van der Waals surface area contributed by atoms with Crippen LogP contribution in [0.3, 0.4) is 0 Å². The van der Waals surface area contributed by atoms with Crippen molar-refractivity contribution in [2.75, 3.05) is 0 Å². The highest BCUT2D eigenvalue weighted by Gasteiger charge is 2.37. The third kappa shape index (κ3) is 2.73. The Morgan fingerprint density at radius 2 is 1.94 bits per heavy atom. The zero-order chi connectivity index (χ0) is 12.5. The summed E-state index contributed by atoms with van der Waals surface area (Å²) >= 11 is 6.52. The lowest BCUT2D eigenvalue weighted by Gasteiger charge is -2.15. The Labute approximate surface area is 106 Å². The van der Waals surface area contributed by atoms with Gasteiger partial charge in [0, 0.05) is 12.1 Å². The fraction of sp³-hybridized carbons (Fsp3) is 0.375. The predicted octanol–water partition coefficient (Wildman–Crippen LogP) is 4.38. The lowest BCUT2D eigenvalue weighted by atomic mass is 10.1. The Morgan fingerprint density at radius 3 is 2.31 bits per heavy atom. The van der Waals surface area contributed by atoms with E-state index in [1.165, 1.54) is 22.6 Å². The van der Waals surface area contributed by atoms with Crippen molar-refractivity contribution >= 4 is 34.2 Å². The molecule has 0 radical (unpaired) electrons. The van der Waals surface area contributed by atoms with E-state index in [9.17, 15) is 22.0 Å². The molecule has 1 aromatic heterocycles. The number of nitrogens with zero attached hydrogens (tertiary/aromatic N) is 1. The number of alkyl halides is 6. The number of rotatable bonds is 2. The second-order valence-corrected chi connectivity index (χ2v) is 4.14. The van der Waals surface area contributed by atoms with E-state index in [0.717, 1.165) is 6.20 Å². The highest BCUT2D eigenvalue weighted by atomic mass is 127. The van der Waals surface area contributed by atoms with Gasteiger partial charge in [0.2, 0.25) is 0 Å². The summed E-state index contributed by atoms with van der Waals surface area (Å²) in [6.45, 7) is 0. The van der Waals surface area contributed by atoms with Gasteiger partial charge in [-0.15, -0.1) is 11.6 Å². The quantitative estimate of drug-likeness (QED) is 0.427. The molecule has 0 amide bonds. The van der Waals surface area contributed by atoms with Crippen molar-refractivity contribution in [1.82, 2.24) is 4.98 Å². The molecule has 0 atom stereocenters. The van der Waals surface area contributed by atoms with Crippen LogP contribution < -0.4 is 0 Å². The van der Waals surface area contributed by atoms with Crippen LogP contribution in [0.5, 0.6) is 0 Å². The maximum atomic E-state index is 12.6. The highest BCUT2D eigenvalue weighted by molar-refractivity contribution is 14.1. The van der Waals surface area contributed by atoms with Crippen molar-refractivity contribution in [3.05, 3.63) is 26.6 Å². The minimum Gasteiger partial charge on any atom is -0.254 e. The van der Waals surface area contributed by atoms with Gasteiger partial charge in [-0.1, -0.05) is 0 Å². The van der Waals surface area contributed by atoms with Gasteiger partial charge < -0.3 is 0 Å². The van der Waals surface area contributed by atoms with Crippen LogP contribution in [-0.2, 0) is 12.1 Å². The molecule has 1 heterocycles. The SMILES string of the molecule is FC(F)c1ncc(CCl)c(C(F)(F)F)c1I.